The van der Waals surface area contributed by atoms with Crippen molar-refractivity contribution in [3.05, 3.63) is 33.8 Å². The molecule has 0 saturated carbocycles. The number of aryl methyl sites for hydroxylation is 1. The third-order valence-electron chi connectivity index (χ3n) is 2.54. The fourth-order valence-corrected chi connectivity index (χ4v) is 1.90. The molecule has 0 aliphatic carbocycles. The van der Waals surface area contributed by atoms with Gasteiger partial charge in [-0.1, -0.05) is 35.3 Å². The van der Waals surface area contributed by atoms with E-state index in [1.165, 1.54) is 7.11 Å². The summed E-state index contributed by atoms with van der Waals surface area (Å²) in [6, 6.07) is 5.33. The van der Waals surface area contributed by atoms with E-state index in [4.69, 9.17) is 23.2 Å². The third-order valence-corrected chi connectivity index (χ3v) is 3.40. The summed E-state index contributed by atoms with van der Waals surface area (Å²) in [4.78, 5) is 22.4. The van der Waals surface area contributed by atoms with Crippen LogP contribution in [0.25, 0.3) is 0 Å². The molecule has 0 aliphatic heterocycles. The molecule has 0 amide bonds. The van der Waals surface area contributed by atoms with Gasteiger partial charge in [-0.05, 0) is 18.1 Å². The summed E-state index contributed by atoms with van der Waals surface area (Å²) in [6.07, 6.45) is 1.19. The Morgan fingerprint density at radius 3 is 2.56 bits per heavy atom. The van der Waals surface area contributed by atoms with Gasteiger partial charge in [-0.2, -0.15) is 0 Å². The van der Waals surface area contributed by atoms with Crippen molar-refractivity contribution in [1.82, 2.24) is 0 Å². The molecule has 0 N–H and O–H groups in total. The zero-order chi connectivity index (χ0) is 13.5. The van der Waals surface area contributed by atoms with Crippen molar-refractivity contribution < 1.29 is 14.3 Å². The van der Waals surface area contributed by atoms with Gasteiger partial charge in [0.05, 0.1) is 23.6 Å². The first kappa shape index (κ1) is 15.0. The highest BCUT2D eigenvalue weighted by molar-refractivity contribution is 6.42. The van der Waals surface area contributed by atoms with Gasteiger partial charge in [0, 0.05) is 12.8 Å². The second-order valence-corrected chi connectivity index (χ2v) is 4.61. The second kappa shape index (κ2) is 7.39. The van der Waals surface area contributed by atoms with Gasteiger partial charge in [-0.25, -0.2) is 0 Å². The molecule has 0 fully saturated rings. The molecule has 1 aromatic carbocycles. The zero-order valence-electron chi connectivity index (χ0n) is 10.0. The molecule has 0 spiro atoms. The lowest BCUT2D eigenvalue weighted by molar-refractivity contribution is -0.141. The largest absolute Gasteiger partial charge is 0.469 e. The maximum Gasteiger partial charge on any atom is 0.305 e. The van der Waals surface area contributed by atoms with Crippen LogP contribution in [0.3, 0.4) is 0 Å². The quantitative estimate of drug-likeness (QED) is 0.753. The first-order valence-corrected chi connectivity index (χ1v) is 6.31. The van der Waals surface area contributed by atoms with Crippen LogP contribution in [0.5, 0.6) is 0 Å². The van der Waals surface area contributed by atoms with Gasteiger partial charge in [0.15, 0.2) is 0 Å². The fourth-order valence-electron chi connectivity index (χ4n) is 1.48. The van der Waals surface area contributed by atoms with E-state index >= 15 is 0 Å². The number of ether oxygens (including phenoxy) is 1. The lowest BCUT2D eigenvalue weighted by Gasteiger charge is -2.05. The van der Waals surface area contributed by atoms with Crippen molar-refractivity contribution in [3.8, 4) is 0 Å². The molecule has 0 unspecified atom stereocenters. The Hall–Kier alpha value is -1.06. The molecule has 98 valence electrons. The Labute approximate surface area is 116 Å². The van der Waals surface area contributed by atoms with E-state index in [0.717, 1.165) is 5.56 Å². The number of halogens is 2. The average molecular weight is 289 g/mol. The number of carbonyl (C=O) groups excluding carboxylic acids is 2. The lowest BCUT2D eigenvalue weighted by atomic mass is 10.1. The summed E-state index contributed by atoms with van der Waals surface area (Å²) >= 11 is 11.9. The first-order chi connectivity index (χ1) is 8.54. The van der Waals surface area contributed by atoms with Gasteiger partial charge in [-0.15, -0.1) is 0 Å². The van der Waals surface area contributed by atoms with Gasteiger partial charge < -0.3 is 4.74 Å². The van der Waals surface area contributed by atoms with Crippen molar-refractivity contribution in [2.24, 2.45) is 0 Å². The van der Waals surface area contributed by atoms with E-state index in [-0.39, 0.29) is 24.6 Å². The summed E-state index contributed by atoms with van der Waals surface area (Å²) < 4.78 is 4.47. The van der Waals surface area contributed by atoms with Crippen LogP contribution in [0, 0.1) is 0 Å². The number of hydrogen-bond donors (Lipinski definition) is 0. The van der Waals surface area contributed by atoms with Crippen LogP contribution in [0.4, 0.5) is 0 Å². The van der Waals surface area contributed by atoms with Gasteiger partial charge in [0.25, 0.3) is 0 Å². The van der Waals surface area contributed by atoms with Crippen molar-refractivity contribution in [1.29, 1.82) is 0 Å². The summed E-state index contributed by atoms with van der Waals surface area (Å²) in [7, 11) is 1.30. The minimum absolute atomic E-state index is 0.0106. The van der Waals surface area contributed by atoms with Gasteiger partial charge in [0.2, 0.25) is 0 Å². The monoisotopic (exact) mass is 288 g/mol. The fraction of sp³-hybridized carbons (Fsp3) is 0.385. The topological polar surface area (TPSA) is 43.4 Å². The molecule has 0 aliphatic rings. The van der Waals surface area contributed by atoms with Crippen LogP contribution < -0.4 is 0 Å². The zero-order valence-corrected chi connectivity index (χ0v) is 11.6. The highest BCUT2D eigenvalue weighted by atomic mass is 35.5. The number of hydrogen-bond acceptors (Lipinski definition) is 3. The summed E-state index contributed by atoms with van der Waals surface area (Å²) in [5.41, 5.74) is 0.843. The molecule has 0 heterocycles. The minimum Gasteiger partial charge on any atom is -0.469 e. The maximum atomic E-state index is 11.5. The van der Waals surface area contributed by atoms with Gasteiger partial charge in [-0.3, -0.25) is 9.59 Å². The minimum atomic E-state index is -0.371. The number of esters is 1. The van der Waals surface area contributed by atoms with Crippen molar-refractivity contribution in [3.63, 3.8) is 0 Å². The van der Waals surface area contributed by atoms with E-state index in [0.29, 0.717) is 22.9 Å². The highest BCUT2D eigenvalue weighted by Gasteiger charge is 2.09. The molecule has 0 atom stereocenters. The van der Waals surface area contributed by atoms with Crippen molar-refractivity contribution in [2.45, 2.75) is 25.7 Å². The predicted octanol–water partition coefficient (Wildman–Crippen LogP) is 3.45. The van der Waals surface area contributed by atoms with Gasteiger partial charge >= 0.3 is 5.97 Å². The number of Topliss-reactive ketones (excluding diaryl/α,β-unsaturated/α-hetero) is 1. The van der Waals surface area contributed by atoms with E-state index in [1.807, 2.05) is 6.07 Å². The summed E-state index contributed by atoms with van der Waals surface area (Å²) in [5, 5.41) is 0.969. The molecule has 0 aromatic heterocycles. The second-order valence-electron chi connectivity index (χ2n) is 3.83. The smallest absolute Gasteiger partial charge is 0.305 e. The number of rotatable bonds is 6. The molecule has 5 heteroatoms. The average Bonchev–Trinajstić information content (AvgIpc) is 2.37. The van der Waals surface area contributed by atoms with E-state index in [1.54, 1.807) is 12.1 Å². The molecule has 3 nitrogen and oxygen atoms in total. The highest BCUT2D eigenvalue weighted by Crippen LogP contribution is 2.26. The third kappa shape index (κ3) is 4.67. The molecule has 0 bridgehead atoms. The predicted molar refractivity (Wildman–Crippen MR) is 71.0 cm³/mol. The molecule has 0 radical (unpaired) electrons. The van der Waals surface area contributed by atoms with Crippen LogP contribution in [0.15, 0.2) is 18.2 Å². The van der Waals surface area contributed by atoms with Crippen molar-refractivity contribution >= 4 is 35.0 Å². The molecule has 1 aromatic rings. The SMILES string of the molecule is COC(=O)CCC(=O)CCc1cccc(Cl)c1Cl. The van der Waals surface area contributed by atoms with Crippen LogP contribution in [0.2, 0.25) is 10.0 Å². The van der Waals surface area contributed by atoms with E-state index < -0.39 is 0 Å². The Bertz CT molecular complexity index is 444. The Kier molecular flexibility index (Phi) is 6.16. The first-order valence-electron chi connectivity index (χ1n) is 5.56. The summed E-state index contributed by atoms with van der Waals surface area (Å²) in [6.45, 7) is 0. The van der Waals surface area contributed by atoms with Crippen LogP contribution >= 0.6 is 23.2 Å². The van der Waals surface area contributed by atoms with Crippen LogP contribution in [-0.4, -0.2) is 18.9 Å². The molecular weight excluding hydrogens is 275 g/mol. The standard InChI is InChI=1S/C13H14Cl2O3/c1-18-12(17)8-7-10(16)6-5-9-3-2-4-11(14)13(9)15/h2-4H,5-8H2,1H3. The number of methoxy groups -OCH3 is 1. The van der Waals surface area contributed by atoms with Crippen LogP contribution in [0.1, 0.15) is 24.8 Å². The van der Waals surface area contributed by atoms with Crippen LogP contribution in [-0.2, 0) is 20.7 Å². The summed E-state index contributed by atoms with van der Waals surface area (Å²) in [5.74, 6) is -0.361. The lowest BCUT2D eigenvalue weighted by Crippen LogP contribution is -2.06. The number of benzene rings is 1. The van der Waals surface area contributed by atoms with E-state index in [2.05, 4.69) is 4.74 Å². The van der Waals surface area contributed by atoms with Crippen molar-refractivity contribution in [2.75, 3.05) is 7.11 Å². The normalized spacial score (nSPS) is 10.2. The Morgan fingerprint density at radius 1 is 1.17 bits per heavy atom. The Balaban J connectivity index is 2.43. The molecule has 1 rings (SSSR count). The number of carbonyl (C=O) groups is 2. The molecular formula is C13H14Cl2O3. The van der Waals surface area contributed by atoms with Gasteiger partial charge in [0.1, 0.15) is 5.78 Å². The molecule has 0 saturated heterocycles. The Morgan fingerprint density at radius 2 is 1.89 bits per heavy atom. The maximum absolute atomic E-state index is 11.5. The molecule has 18 heavy (non-hydrogen) atoms. The van der Waals surface area contributed by atoms with E-state index in [9.17, 15) is 9.59 Å². The number of ketones is 1.